The third-order valence-electron chi connectivity index (χ3n) is 3.13. The molecule has 4 nitrogen and oxygen atoms in total. The van der Waals surface area contributed by atoms with Crippen LogP contribution in [0.15, 0.2) is 29.1 Å². The van der Waals surface area contributed by atoms with E-state index < -0.39 is 0 Å². The summed E-state index contributed by atoms with van der Waals surface area (Å²) in [4.78, 5) is 14.4. The zero-order chi connectivity index (χ0) is 13.7. The predicted molar refractivity (Wildman–Crippen MR) is 79.7 cm³/mol. The normalized spacial score (nSPS) is 11.5. The Labute approximate surface area is 117 Å². The summed E-state index contributed by atoms with van der Waals surface area (Å²) in [6.07, 6.45) is 2.20. The summed E-state index contributed by atoms with van der Waals surface area (Å²) < 4.78 is 2.79. The number of nitrogens with zero attached hydrogens (tertiary/aromatic N) is 2. The molecule has 0 saturated carbocycles. The van der Waals surface area contributed by atoms with E-state index in [1.54, 1.807) is 3.96 Å². The highest BCUT2D eigenvalue weighted by atomic mass is 32.1. The molecule has 0 spiro atoms. The fourth-order valence-corrected chi connectivity index (χ4v) is 3.10. The molecule has 19 heavy (non-hydrogen) atoms. The van der Waals surface area contributed by atoms with Crippen LogP contribution >= 0.6 is 11.5 Å². The van der Waals surface area contributed by atoms with Gasteiger partial charge in [-0.05, 0) is 25.1 Å². The lowest BCUT2D eigenvalue weighted by Gasteiger charge is -2.20. The Hall–Kier alpha value is -1.17. The minimum atomic E-state index is 0.0695. The van der Waals surface area contributed by atoms with Crippen molar-refractivity contribution in [2.45, 2.75) is 26.4 Å². The van der Waals surface area contributed by atoms with Gasteiger partial charge >= 0.3 is 0 Å². The molecule has 1 aromatic heterocycles. The van der Waals surface area contributed by atoms with Crippen molar-refractivity contribution in [3.63, 3.8) is 0 Å². The highest BCUT2D eigenvalue weighted by molar-refractivity contribution is 7.13. The molecule has 0 unspecified atom stereocenters. The first kappa shape index (κ1) is 14.2. The standard InChI is InChI=1S/C14H20N2O2S/c1-2-3-8-15(9-10-17)11-16-14(18)12-6-4-5-7-13(12)19-16/h4-7,17H,2-3,8-11H2,1H3. The zero-order valence-electron chi connectivity index (χ0n) is 11.2. The van der Waals surface area contributed by atoms with Crippen molar-refractivity contribution < 1.29 is 5.11 Å². The molecule has 0 aliphatic rings. The first-order chi connectivity index (χ1) is 9.26. The molecule has 0 fully saturated rings. The van der Waals surface area contributed by atoms with Gasteiger partial charge < -0.3 is 5.11 Å². The van der Waals surface area contributed by atoms with Crippen molar-refractivity contribution in [3.8, 4) is 0 Å². The van der Waals surface area contributed by atoms with Crippen molar-refractivity contribution >= 4 is 21.6 Å². The largest absolute Gasteiger partial charge is 0.395 e. The molecule has 104 valence electrons. The Morgan fingerprint density at radius 2 is 2.11 bits per heavy atom. The highest BCUT2D eigenvalue weighted by Crippen LogP contribution is 2.16. The van der Waals surface area contributed by atoms with Gasteiger partial charge in [0.05, 0.1) is 23.4 Å². The van der Waals surface area contributed by atoms with Crippen LogP contribution in [-0.2, 0) is 6.67 Å². The molecule has 2 rings (SSSR count). The van der Waals surface area contributed by atoms with Crippen LogP contribution in [0.1, 0.15) is 19.8 Å². The molecule has 0 aliphatic heterocycles. The van der Waals surface area contributed by atoms with Gasteiger partial charge in [-0.3, -0.25) is 9.69 Å². The van der Waals surface area contributed by atoms with E-state index in [0.29, 0.717) is 13.2 Å². The molecule has 1 N–H and O–H groups in total. The minimum absolute atomic E-state index is 0.0695. The van der Waals surface area contributed by atoms with E-state index in [2.05, 4.69) is 11.8 Å². The lowest BCUT2D eigenvalue weighted by molar-refractivity contribution is 0.166. The van der Waals surface area contributed by atoms with Gasteiger partial charge in [-0.1, -0.05) is 37.0 Å². The topological polar surface area (TPSA) is 45.5 Å². The van der Waals surface area contributed by atoms with Crippen LogP contribution in [0.2, 0.25) is 0 Å². The Balaban J connectivity index is 2.18. The van der Waals surface area contributed by atoms with Crippen LogP contribution in [0, 0.1) is 0 Å². The van der Waals surface area contributed by atoms with E-state index >= 15 is 0 Å². The molecule has 0 saturated heterocycles. The molecular weight excluding hydrogens is 260 g/mol. The van der Waals surface area contributed by atoms with Gasteiger partial charge in [-0.25, -0.2) is 3.96 Å². The third-order valence-corrected chi connectivity index (χ3v) is 4.18. The maximum absolute atomic E-state index is 12.2. The second-order valence-electron chi connectivity index (χ2n) is 4.61. The predicted octanol–water partition coefficient (Wildman–Crippen LogP) is 2.11. The molecule has 5 heteroatoms. The average molecular weight is 280 g/mol. The molecule has 0 atom stereocenters. The van der Waals surface area contributed by atoms with E-state index in [1.165, 1.54) is 11.5 Å². The van der Waals surface area contributed by atoms with Crippen molar-refractivity contribution in [1.82, 2.24) is 8.86 Å². The van der Waals surface area contributed by atoms with Crippen LogP contribution in [0.5, 0.6) is 0 Å². The quantitative estimate of drug-likeness (QED) is 0.845. The molecule has 1 heterocycles. The fraction of sp³-hybridized carbons (Fsp3) is 0.500. The van der Waals surface area contributed by atoms with E-state index in [0.717, 1.165) is 29.5 Å². The summed E-state index contributed by atoms with van der Waals surface area (Å²) >= 11 is 1.49. The fourth-order valence-electron chi connectivity index (χ4n) is 2.07. The Morgan fingerprint density at radius 1 is 1.32 bits per heavy atom. The minimum Gasteiger partial charge on any atom is -0.395 e. The Bertz CT molecular complexity index is 576. The lowest BCUT2D eigenvalue weighted by Crippen LogP contribution is -2.32. The molecular formula is C14H20N2O2S. The van der Waals surface area contributed by atoms with Gasteiger partial charge in [-0.2, -0.15) is 0 Å². The third kappa shape index (κ3) is 3.43. The number of unbranched alkanes of at least 4 members (excludes halogenated alkanes) is 1. The van der Waals surface area contributed by atoms with Gasteiger partial charge in [0.2, 0.25) is 0 Å². The van der Waals surface area contributed by atoms with E-state index in [-0.39, 0.29) is 12.2 Å². The number of aliphatic hydroxyl groups is 1. The van der Waals surface area contributed by atoms with Crippen molar-refractivity contribution in [2.75, 3.05) is 19.7 Å². The first-order valence-electron chi connectivity index (χ1n) is 6.68. The molecule has 0 aliphatic carbocycles. The Morgan fingerprint density at radius 3 is 2.79 bits per heavy atom. The average Bonchev–Trinajstić information content (AvgIpc) is 2.74. The zero-order valence-corrected chi connectivity index (χ0v) is 12.0. The molecule has 0 amide bonds. The van der Waals surface area contributed by atoms with E-state index in [9.17, 15) is 4.79 Å². The summed E-state index contributed by atoms with van der Waals surface area (Å²) in [7, 11) is 0. The number of fused-ring (bicyclic) bond motifs is 1. The lowest BCUT2D eigenvalue weighted by atomic mass is 10.3. The number of benzene rings is 1. The molecule has 2 aromatic rings. The van der Waals surface area contributed by atoms with E-state index in [1.807, 2.05) is 24.3 Å². The maximum Gasteiger partial charge on any atom is 0.269 e. The van der Waals surface area contributed by atoms with Crippen molar-refractivity contribution in [2.24, 2.45) is 0 Å². The summed E-state index contributed by atoms with van der Waals surface area (Å²) in [6.45, 7) is 4.36. The van der Waals surface area contributed by atoms with Gasteiger partial charge in [0, 0.05) is 6.54 Å². The summed E-state index contributed by atoms with van der Waals surface area (Å²) in [5.74, 6) is 0. The summed E-state index contributed by atoms with van der Waals surface area (Å²) in [5.41, 5.74) is 0.0695. The highest BCUT2D eigenvalue weighted by Gasteiger charge is 2.10. The van der Waals surface area contributed by atoms with Crippen LogP contribution in [0.25, 0.3) is 10.1 Å². The number of hydrogen-bond acceptors (Lipinski definition) is 4. The van der Waals surface area contributed by atoms with Crippen molar-refractivity contribution in [3.05, 3.63) is 34.6 Å². The molecule has 0 bridgehead atoms. The summed E-state index contributed by atoms with van der Waals surface area (Å²) in [5, 5.41) is 9.88. The Kier molecular flexibility index (Phi) is 5.13. The second kappa shape index (κ2) is 6.84. The van der Waals surface area contributed by atoms with Gasteiger partial charge in [0.1, 0.15) is 0 Å². The SMILES string of the molecule is CCCCN(CCO)Cn1sc2ccccc2c1=O. The van der Waals surface area contributed by atoms with Gasteiger partial charge in [0.15, 0.2) is 0 Å². The van der Waals surface area contributed by atoms with Crippen LogP contribution in [-0.4, -0.2) is 33.7 Å². The number of rotatable bonds is 7. The van der Waals surface area contributed by atoms with Gasteiger partial charge in [0.25, 0.3) is 5.56 Å². The van der Waals surface area contributed by atoms with Crippen LogP contribution < -0.4 is 5.56 Å². The van der Waals surface area contributed by atoms with Crippen LogP contribution in [0.3, 0.4) is 0 Å². The van der Waals surface area contributed by atoms with E-state index in [4.69, 9.17) is 5.11 Å². The van der Waals surface area contributed by atoms with Crippen molar-refractivity contribution in [1.29, 1.82) is 0 Å². The number of aromatic nitrogens is 1. The molecule has 1 aromatic carbocycles. The summed E-state index contributed by atoms with van der Waals surface area (Å²) in [6, 6.07) is 7.68. The number of aliphatic hydroxyl groups excluding tert-OH is 1. The first-order valence-corrected chi connectivity index (χ1v) is 7.45. The second-order valence-corrected chi connectivity index (χ2v) is 5.67. The maximum atomic E-state index is 12.2. The smallest absolute Gasteiger partial charge is 0.269 e. The van der Waals surface area contributed by atoms with Gasteiger partial charge in [-0.15, -0.1) is 0 Å². The monoisotopic (exact) mass is 280 g/mol. The van der Waals surface area contributed by atoms with Crippen LogP contribution in [0.4, 0.5) is 0 Å². The number of hydrogen-bond donors (Lipinski definition) is 1. The molecule has 0 radical (unpaired) electrons.